The minimum absolute atomic E-state index is 0.607. The lowest BCUT2D eigenvalue weighted by Gasteiger charge is -2.08. The summed E-state index contributed by atoms with van der Waals surface area (Å²) in [6.45, 7) is 2.50. The van der Waals surface area contributed by atoms with Crippen LogP contribution in [-0.4, -0.2) is 16.5 Å². The second-order valence-corrected chi connectivity index (χ2v) is 4.75. The maximum Gasteiger partial charge on any atom is 0.125 e. The largest absolute Gasteiger partial charge is 0.330 e. The molecule has 1 heterocycles. The SMILES string of the molecule is Cc1ncc(CCN)c(-c2ccc(Br)cc2)n1. The van der Waals surface area contributed by atoms with Crippen LogP contribution >= 0.6 is 15.9 Å². The molecule has 0 fully saturated rings. The third-order valence-electron chi connectivity index (χ3n) is 2.52. The molecule has 4 heteroatoms. The van der Waals surface area contributed by atoms with Gasteiger partial charge in [0, 0.05) is 16.2 Å². The Labute approximate surface area is 109 Å². The molecule has 0 radical (unpaired) electrons. The Balaban J connectivity index is 2.48. The average Bonchev–Trinajstić information content (AvgIpc) is 2.33. The Bertz CT molecular complexity index is 509. The Hall–Kier alpha value is -1.26. The van der Waals surface area contributed by atoms with E-state index in [2.05, 4.69) is 25.9 Å². The standard InChI is InChI=1S/C13H14BrN3/c1-9-16-8-11(6-7-15)13(17-9)10-2-4-12(14)5-3-10/h2-5,8H,6-7,15H2,1H3. The van der Waals surface area contributed by atoms with Crippen LogP contribution in [-0.2, 0) is 6.42 Å². The molecule has 0 amide bonds. The fourth-order valence-corrected chi connectivity index (χ4v) is 1.96. The van der Waals surface area contributed by atoms with E-state index in [1.807, 2.05) is 37.4 Å². The van der Waals surface area contributed by atoms with Gasteiger partial charge >= 0.3 is 0 Å². The molecule has 2 rings (SSSR count). The number of hydrogen-bond acceptors (Lipinski definition) is 3. The van der Waals surface area contributed by atoms with E-state index in [9.17, 15) is 0 Å². The number of halogens is 1. The van der Waals surface area contributed by atoms with Crippen LogP contribution in [0.25, 0.3) is 11.3 Å². The molecule has 0 aliphatic carbocycles. The second kappa shape index (κ2) is 5.38. The van der Waals surface area contributed by atoms with Crippen molar-refractivity contribution in [2.45, 2.75) is 13.3 Å². The third-order valence-corrected chi connectivity index (χ3v) is 3.04. The monoisotopic (exact) mass is 291 g/mol. The topological polar surface area (TPSA) is 51.8 Å². The lowest BCUT2D eigenvalue weighted by Crippen LogP contribution is -2.06. The van der Waals surface area contributed by atoms with E-state index in [0.717, 1.165) is 33.5 Å². The Morgan fingerprint density at radius 1 is 1.24 bits per heavy atom. The molecule has 1 aromatic carbocycles. The fourth-order valence-electron chi connectivity index (χ4n) is 1.69. The van der Waals surface area contributed by atoms with Crippen molar-refractivity contribution in [3.63, 3.8) is 0 Å². The Morgan fingerprint density at radius 3 is 2.59 bits per heavy atom. The number of nitrogens with zero attached hydrogens (tertiary/aromatic N) is 2. The number of rotatable bonds is 3. The number of aromatic nitrogens is 2. The van der Waals surface area contributed by atoms with Crippen LogP contribution in [0.4, 0.5) is 0 Å². The Morgan fingerprint density at radius 2 is 1.94 bits per heavy atom. The molecule has 0 aliphatic heterocycles. The summed E-state index contributed by atoms with van der Waals surface area (Å²) in [4.78, 5) is 8.74. The molecule has 17 heavy (non-hydrogen) atoms. The lowest BCUT2D eigenvalue weighted by molar-refractivity contribution is 0.929. The van der Waals surface area contributed by atoms with Crippen molar-refractivity contribution >= 4 is 15.9 Å². The smallest absolute Gasteiger partial charge is 0.125 e. The molecular formula is C13H14BrN3. The van der Waals surface area contributed by atoms with Gasteiger partial charge in [-0.3, -0.25) is 0 Å². The normalized spacial score (nSPS) is 10.5. The number of aryl methyl sites for hydroxylation is 1. The van der Waals surface area contributed by atoms with Gasteiger partial charge in [-0.2, -0.15) is 0 Å². The van der Waals surface area contributed by atoms with E-state index in [0.29, 0.717) is 6.54 Å². The minimum Gasteiger partial charge on any atom is -0.330 e. The van der Waals surface area contributed by atoms with E-state index in [-0.39, 0.29) is 0 Å². The maximum atomic E-state index is 5.61. The van der Waals surface area contributed by atoms with E-state index in [1.165, 1.54) is 0 Å². The van der Waals surface area contributed by atoms with Crippen LogP contribution < -0.4 is 5.73 Å². The molecule has 0 saturated carbocycles. The van der Waals surface area contributed by atoms with Crippen molar-refractivity contribution < 1.29 is 0 Å². The van der Waals surface area contributed by atoms with Gasteiger partial charge in [-0.15, -0.1) is 0 Å². The van der Waals surface area contributed by atoms with Gasteiger partial charge in [0.05, 0.1) is 5.69 Å². The van der Waals surface area contributed by atoms with Crippen molar-refractivity contribution in [1.29, 1.82) is 0 Å². The van der Waals surface area contributed by atoms with E-state index in [1.54, 1.807) is 0 Å². The molecule has 88 valence electrons. The highest BCUT2D eigenvalue weighted by molar-refractivity contribution is 9.10. The summed E-state index contributed by atoms with van der Waals surface area (Å²) in [5.74, 6) is 0.781. The van der Waals surface area contributed by atoms with Gasteiger partial charge in [0.2, 0.25) is 0 Å². The summed E-state index contributed by atoms with van der Waals surface area (Å²) in [6, 6.07) is 8.12. The predicted octanol–water partition coefficient (Wildman–Crippen LogP) is 2.72. The van der Waals surface area contributed by atoms with Gasteiger partial charge in [-0.25, -0.2) is 9.97 Å². The van der Waals surface area contributed by atoms with Crippen LogP contribution in [0, 0.1) is 6.92 Å². The van der Waals surface area contributed by atoms with Crippen LogP contribution in [0.1, 0.15) is 11.4 Å². The van der Waals surface area contributed by atoms with Crippen molar-refractivity contribution in [3.8, 4) is 11.3 Å². The van der Waals surface area contributed by atoms with E-state index in [4.69, 9.17) is 5.73 Å². The van der Waals surface area contributed by atoms with Crippen molar-refractivity contribution in [2.75, 3.05) is 6.54 Å². The van der Waals surface area contributed by atoms with Gasteiger partial charge in [0.25, 0.3) is 0 Å². The number of hydrogen-bond donors (Lipinski definition) is 1. The van der Waals surface area contributed by atoms with Gasteiger partial charge in [-0.05, 0) is 37.6 Å². The van der Waals surface area contributed by atoms with Gasteiger partial charge in [0.1, 0.15) is 5.82 Å². The summed E-state index contributed by atoms with van der Waals surface area (Å²) >= 11 is 3.43. The molecule has 0 spiro atoms. The lowest BCUT2D eigenvalue weighted by atomic mass is 10.1. The van der Waals surface area contributed by atoms with Crippen molar-refractivity contribution in [2.24, 2.45) is 5.73 Å². The minimum atomic E-state index is 0.607. The first kappa shape index (κ1) is 12.2. The molecule has 3 nitrogen and oxygen atoms in total. The van der Waals surface area contributed by atoms with Crippen molar-refractivity contribution in [3.05, 3.63) is 46.3 Å². The zero-order chi connectivity index (χ0) is 12.3. The first-order valence-corrected chi connectivity index (χ1v) is 6.28. The van der Waals surface area contributed by atoms with Gasteiger partial charge in [0.15, 0.2) is 0 Å². The highest BCUT2D eigenvalue weighted by Crippen LogP contribution is 2.23. The molecule has 0 unspecified atom stereocenters. The average molecular weight is 292 g/mol. The van der Waals surface area contributed by atoms with Crippen LogP contribution in [0.15, 0.2) is 34.9 Å². The summed E-state index contributed by atoms with van der Waals surface area (Å²) < 4.78 is 1.06. The molecule has 0 saturated heterocycles. The van der Waals surface area contributed by atoms with Crippen LogP contribution in [0.5, 0.6) is 0 Å². The highest BCUT2D eigenvalue weighted by atomic mass is 79.9. The first-order valence-electron chi connectivity index (χ1n) is 5.49. The van der Waals surface area contributed by atoms with E-state index < -0.39 is 0 Å². The molecule has 0 atom stereocenters. The maximum absolute atomic E-state index is 5.61. The summed E-state index contributed by atoms with van der Waals surface area (Å²) in [5, 5.41) is 0. The molecular weight excluding hydrogens is 278 g/mol. The quantitative estimate of drug-likeness (QED) is 0.946. The Kier molecular flexibility index (Phi) is 3.86. The van der Waals surface area contributed by atoms with Crippen LogP contribution in [0.3, 0.4) is 0 Å². The number of benzene rings is 1. The zero-order valence-corrected chi connectivity index (χ0v) is 11.2. The van der Waals surface area contributed by atoms with Gasteiger partial charge < -0.3 is 5.73 Å². The zero-order valence-electron chi connectivity index (χ0n) is 9.65. The molecule has 0 aliphatic rings. The summed E-state index contributed by atoms with van der Waals surface area (Å²) in [7, 11) is 0. The third kappa shape index (κ3) is 2.90. The highest BCUT2D eigenvalue weighted by Gasteiger charge is 2.07. The molecule has 1 aromatic heterocycles. The van der Waals surface area contributed by atoms with Crippen molar-refractivity contribution in [1.82, 2.24) is 9.97 Å². The summed E-state index contributed by atoms with van der Waals surface area (Å²) in [5.41, 5.74) is 8.79. The van der Waals surface area contributed by atoms with Crippen LogP contribution in [0.2, 0.25) is 0 Å². The summed E-state index contributed by atoms with van der Waals surface area (Å²) in [6.07, 6.45) is 2.66. The first-order chi connectivity index (χ1) is 8.20. The van der Waals surface area contributed by atoms with E-state index >= 15 is 0 Å². The molecule has 0 bridgehead atoms. The van der Waals surface area contributed by atoms with Gasteiger partial charge in [-0.1, -0.05) is 28.1 Å². The fraction of sp³-hybridized carbons (Fsp3) is 0.231. The molecule has 2 aromatic rings. The second-order valence-electron chi connectivity index (χ2n) is 3.84. The molecule has 2 N–H and O–H groups in total. The predicted molar refractivity (Wildman–Crippen MR) is 72.7 cm³/mol. The number of nitrogens with two attached hydrogens (primary N) is 1.